The summed E-state index contributed by atoms with van der Waals surface area (Å²) in [5, 5.41) is 8.03. The maximum atomic E-state index is 11.9. The van der Waals surface area contributed by atoms with E-state index in [1.807, 2.05) is 0 Å². The first-order chi connectivity index (χ1) is 6.71. The number of β-lactam (4-membered cyclic amide) rings is 1. The summed E-state index contributed by atoms with van der Waals surface area (Å²) < 4.78 is 22.4. The molecule has 0 spiro atoms. The zero-order valence-electron chi connectivity index (χ0n) is 9.00. The molecule has 0 aliphatic carbocycles. The molecule has 0 saturated carbocycles. The molecule has 2 fully saturated rings. The van der Waals surface area contributed by atoms with E-state index in [2.05, 4.69) is 0 Å². The SMILES string of the molecule is CC1(C)[C@H](C(=O)O)N2C(=O)C[C@H]2S1(=O)=O.N. The van der Waals surface area contributed by atoms with E-state index in [1.165, 1.54) is 13.8 Å². The maximum absolute atomic E-state index is 11.9. The van der Waals surface area contributed by atoms with Gasteiger partial charge in [0.15, 0.2) is 9.84 Å². The minimum Gasteiger partial charge on any atom is -0.480 e. The number of sulfone groups is 1. The van der Waals surface area contributed by atoms with Crippen LogP contribution in [-0.4, -0.2) is 46.5 Å². The Kier molecular flexibility index (Phi) is 2.56. The normalized spacial score (nSPS) is 33.6. The van der Waals surface area contributed by atoms with Crippen LogP contribution in [-0.2, 0) is 19.4 Å². The van der Waals surface area contributed by atoms with E-state index in [0.717, 1.165) is 4.90 Å². The molecule has 8 heteroatoms. The molecule has 2 saturated heterocycles. The molecule has 0 bridgehead atoms. The Balaban J connectivity index is 0.00000128. The number of nitrogens with zero attached hydrogens (tertiary/aromatic N) is 1. The molecule has 0 aromatic carbocycles. The Morgan fingerprint density at radius 1 is 1.50 bits per heavy atom. The van der Waals surface area contributed by atoms with Gasteiger partial charge in [-0.15, -0.1) is 0 Å². The zero-order chi connectivity index (χ0) is 11.6. The summed E-state index contributed by atoms with van der Waals surface area (Å²) in [7, 11) is -3.57. The van der Waals surface area contributed by atoms with Crippen molar-refractivity contribution in [2.24, 2.45) is 0 Å². The van der Waals surface area contributed by atoms with Crippen LogP contribution in [0.4, 0.5) is 0 Å². The highest BCUT2D eigenvalue weighted by atomic mass is 32.2. The number of carbonyl (C=O) groups is 2. The van der Waals surface area contributed by atoms with Gasteiger partial charge in [-0.2, -0.15) is 0 Å². The van der Waals surface area contributed by atoms with Gasteiger partial charge in [0.25, 0.3) is 0 Å². The highest BCUT2D eigenvalue weighted by Crippen LogP contribution is 2.45. The second-order valence-corrected chi connectivity index (χ2v) is 7.04. The van der Waals surface area contributed by atoms with Crippen molar-refractivity contribution < 1.29 is 23.1 Å². The molecule has 1 amide bonds. The monoisotopic (exact) mass is 250 g/mol. The molecule has 0 unspecified atom stereocenters. The van der Waals surface area contributed by atoms with Crippen molar-refractivity contribution in [3.8, 4) is 0 Å². The highest BCUT2D eigenvalue weighted by molar-refractivity contribution is 7.93. The predicted octanol–water partition coefficient (Wildman–Crippen LogP) is -0.633. The quantitative estimate of drug-likeness (QED) is 0.596. The third-order valence-electron chi connectivity index (χ3n) is 3.21. The number of carboxylic acid groups (broad SMARTS) is 1. The molecule has 7 nitrogen and oxygen atoms in total. The van der Waals surface area contributed by atoms with Crippen LogP contribution in [0.5, 0.6) is 0 Å². The van der Waals surface area contributed by atoms with Gasteiger partial charge in [0.2, 0.25) is 5.91 Å². The van der Waals surface area contributed by atoms with E-state index in [9.17, 15) is 18.0 Å². The number of hydrogen-bond acceptors (Lipinski definition) is 5. The number of hydrogen-bond donors (Lipinski definition) is 2. The molecule has 2 rings (SSSR count). The molecule has 2 aliphatic heterocycles. The number of fused-ring (bicyclic) bond motifs is 1. The Labute approximate surface area is 92.9 Å². The Hall–Kier alpha value is -1.15. The van der Waals surface area contributed by atoms with Crippen molar-refractivity contribution in [1.29, 1.82) is 0 Å². The van der Waals surface area contributed by atoms with Crippen LogP contribution in [0.2, 0.25) is 0 Å². The second-order valence-electron chi connectivity index (χ2n) is 4.35. The molecule has 4 N–H and O–H groups in total. The van der Waals surface area contributed by atoms with Gasteiger partial charge in [-0.25, -0.2) is 13.2 Å². The van der Waals surface area contributed by atoms with Gasteiger partial charge in [-0.05, 0) is 13.8 Å². The van der Waals surface area contributed by atoms with Crippen molar-refractivity contribution in [3.05, 3.63) is 0 Å². The fourth-order valence-corrected chi connectivity index (χ4v) is 4.36. The second kappa shape index (κ2) is 3.17. The summed E-state index contributed by atoms with van der Waals surface area (Å²) in [6.07, 6.45) is -0.0878. The van der Waals surface area contributed by atoms with Gasteiger partial charge < -0.3 is 16.2 Å². The fraction of sp³-hybridized carbons (Fsp3) is 0.750. The van der Waals surface area contributed by atoms with E-state index in [4.69, 9.17) is 5.11 Å². The molecule has 0 radical (unpaired) electrons. The van der Waals surface area contributed by atoms with Crippen molar-refractivity contribution in [2.45, 2.75) is 36.4 Å². The zero-order valence-corrected chi connectivity index (χ0v) is 9.82. The fourth-order valence-electron chi connectivity index (χ4n) is 2.23. The van der Waals surface area contributed by atoms with Crippen LogP contribution in [0, 0.1) is 0 Å². The third kappa shape index (κ3) is 1.14. The lowest BCUT2D eigenvalue weighted by Gasteiger charge is -2.35. The lowest BCUT2D eigenvalue weighted by Crippen LogP contribution is -2.57. The average Bonchev–Trinajstić information content (AvgIpc) is 2.19. The maximum Gasteiger partial charge on any atom is 0.328 e. The minimum atomic E-state index is -3.57. The number of carboxylic acids is 1. The molecule has 16 heavy (non-hydrogen) atoms. The van der Waals surface area contributed by atoms with Crippen LogP contribution in [0.15, 0.2) is 0 Å². The number of carbonyl (C=O) groups excluding carboxylic acids is 1. The molecule has 2 atom stereocenters. The Bertz CT molecular complexity index is 455. The van der Waals surface area contributed by atoms with Crippen molar-refractivity contribution in [2.75, 3.05) is 0 Å². The van der Waals surface area contributed by atoms with Crippen LogP contribution < -0.4 is 6.15 Å². The van der Waals surface area contributed by atoms with Crippen LogP contribution in [0.25, 0.3) is 0 Å². The van der Waals surface area contributed by atoms with Crippen LogP contribution in [0.1, 0.15) is 20.3 Å². The van der Waals surface area contributed by atoms with Crippen molar-refractivity contribution >= 4 is 21.7 Å². The first kappa shape index (κ1) is 12.9. The smallest absolute Gasteiger partial charge is 0.328 e. The summed E-state index contributed by atoms with van der Waals surface area (Å²) >= 11 is 0. The Morgan fingerprint density at radius 2 is 2.00 bits per heavy atom. The van der Waals surface area contributed by atoms with Gasteiger partial charge in [-0.3, -0.25) is 4.79 Å². The topological polar surface area (TPSA) is 127 Å². The standard InChI is InChI=1S/C8H11NO5S.H3N/c1-8(2)6(7(11)12)9-4(10)3-5(9)15(8,13)14;/h5-6H,3H2,1-2H3,(H,11,12);1H3/t5-,6+;/m1./s1. The molecule has 2 heterocycles. The van der Waals surface area contributed by atoms with E-state index in [0.29, 0.717) is 0 Å². The van der Waals surface area contributed by atoms with Gasteiger partial charge in [0, 0.05) is 0 Å². The summed E-state index contributed by atoms with van der Waals surface area (Å²) in [6, 6.07) is -1.26. The van der Waals surface area contributed by atoms with Gasteiger partial charge in [-0.1, -0.05) is 0 Å². The average molecular weight is 250 g/mol. The summed E-state index contributed by atoms with van der Waals surface area (Å²) in [5.74, 6) is -1.67. The van der Waals surface area contributed by atoms with Crippen LogP contribution >= 0.6 is 0 Å². The van der Waals surface area contributed by atoms with Crippen molar-refractivity contribution in [3.63, 3.8) is 0 Å². The molecule has 0 aromatic heterocycles. The molecule has 2 aliphatic rings. The first-order valence-corrected chi connectivity index (χ1v) is 6.03. The molecule has 0 aromatic rings. The van der Waals surface area contributed by atoms with E-state index >= 15 is 0 Å². The van der Waals surface area contributed by atoms with E-state index in [1.54, 1.807) is 0 Å². The largest absolute Gasteiger partial charge is 0.480 e. The summed E-state index contributed by atoms with van der Waals surface area (Å²) in [6.45, 7) is 2.71. The molecular formula is C8H14N2O5S. The van der Waals surface area contributed by atoms with E-state index < -0.39 is 37.9 Å². The molecular weight excluding hydrogens is 236 g/mol. The summed E-state index contributed by atoms with van der Waals surface area (Å²) in [4.78, 5) is 23.2. The number of amides is 1. The summed E-state index contributed by atoms with van der Waals surface area (Å²) in [5.41, 5.74) is 0. The van der Waals surface area contributed by atoms with Gasteiger partial charge >= 0.3 is 5.97 Å². The van der Waals surface area contributed by atoms with Gasteiger partial charge in [0.05, 0.1) is 11.2 Å². The lowest BCUT2D eigenvalue weighted by atomic mass is 9.98. The Morgan fingerprint density at radius 3 is 2.31 bits per heavy atom. The minimum absolute atomic E-state index is 0. The third-order valence-corrected chi connectivity index (χ3v) is 6.01. The van der Waals surface area contributed by atoms with E-state index in [-0.39, 0.29) is 12.6 Å². The number of rotatable bonds is 1. The number of aliphatic carboxylic acids is 1. The highest BCUT2D eigenvalue weighted by Gasteiger charge is 2.67. The molecule has 92 valence electrons. The lowest BCUT2D eigenvalue weighted by molar-refractivity contribution is -0.157. The van der Waals surface area contributed by atoms with Crippen LogP contribution in [0.3, 0.4) is 0 Å². The predicted molar refractivity (Wildman–Crippen MR) is 54.7 cm³/mol. The van der Waals surface area contributed by atoms with Gasteiger partial charge in [0.1, 0.15) is 11.4 Å². The first-order valence-electron chi connectivity index (χ1n) is 4.48. The van der Waals surface area contributed by atoms with Crippen molar-refractivity contribution in [1.82, 2.24) is 11.1 Å².